The second kappa shape index (κ2) is 7.13. The standard InChI is InChI=1S/C18H21NO4/c1-11(2)16-10-14(12(3)23-16)17(20)19-15(18(21)22)9-13-7-5-4-6-8-13/h4-8,10-11,15H,9H2,1-3H3,(H,19,20)(H,21,22). The molecule has 1 aromatic heterocycles. The second-order valence-electron chi connectivity index (χ2n) is 5.83. The molecule has 0 aliphatic rings. The second-order valence-corrected chi connectivity index (χ2v) is 5.83. The van der Waals surface area contributed by atoms with Gasteiger partial charge in [-0.15, -0.1) is 0 Å². The number of carboxylic acid groups (broad SMARTS) is 1. The van der Waals surface area contributed by atoms with Gasteiger partial charge in [0.1, 0.15) is 17.6 Å². The minimum atomic E-state index is -1.06. The molecule has 2 rings (SSSR count). The summed E-state index contributed by atoms with van der Waals surface area (Å²) in [5.74, 6) is -0.124. The Labute approximate surface area is 135 Å². The molecule has 1 amide bonds. The highest BCUT2D eigenvalue weighted by atomic mass is 16.4. The van der Waals surface area contributed by atoms with Crippen LogP contribution in [0.4, 0.5) is 0 Å². The van der Waals surface area contributed by atoms with Crippen molar-refractivity contribution in [1.29, 1.82) is 0 Å². The molecule has 1 heterocycles. The van der Waals surface area contributed by atoms with Gasteiger partial charge in [0, 0.05) is 12.3 Å². The number of amides is 1. The number of aryl methyl sites for hydroxylation is 1. The average molecular weight is 315 g/mol. The van der Waals surface area contributed by atoms with Crippen molar-refractivity contribution in [3.05, 3.63) is 59.0 Å². The smallest absolute Gasteiger partial charge is 0.326 e. The number of hydrogen-bond donors (Lipinski definition) is 2. The van der Waals surface area contributed by atoms with Gasteiger partial charge in [0.05, 0.1) is 5.56 Å². The SMILES string of the molecule is Cc1oc(C(C)C)cc1C(=O)NC(Cc1ccccc1)C(=O)O. The van der Waals surface area contributed by atoms with Crippen molar-refractivity contribution < 1.29 is 19.1 Å². The zero-order chi connectivity index (χ0) is 17.0. The molecule has 1 atom stereocenters. The molecule has 1 aromatic carbocycles. The van der Waals surface area contributed by atoms with Crippen molar-refractivity contribution in [2.75, 3.05) is 0 Å². The molecule has 23 heavy (non-hydrogen) atoms. The maximum atomic E-state index is 12.4. The maximum Gasteiger partial charge on any atom is 0.326 e. The molecule has 0 bridgehead atoms. The van der Waals surface area contributed by atoms with Gasteiger partial charge in [-0.1, -0.05) is 44.2 Å². The van der Waals surface area contributed by atoms with Crippen LogP contribution in [0.5, 0.6) is 0 Å². The molecule has 0 aliphatic heterocycles. The van der Waals surface area contributed by atoms with Crippen molar-refractivity contribution in [1.82, 2.24) is 5.32 Å². The summed E-state index contributed by atoms with van der Waals surface area (Å²) in [4.78, 5) is 23.8. The zero-order valence-corrected chi connectivity index (χ0v) is 13.5. The highest BCUT2D eigenvalue weighted by Gasteiger charge is 2.24. The van der Waals surface area contributed by atoms with E-state index in [-0.39, 0.29) is 12.3 Å². The summed E-state index contributed by atoms with van der Waals surface area (Å²) in [6.45, 7) is 5.64. The van der Waals surface area contributed by atoms with Gasteiger partial charge in [0.25, 0.3) is 5.91 Å². The molecule has 0 radical (unpaired) electrons. The lowest BCUT2D eigenvalue weighted by Gasteiger charge is -2.14. The topological polar surface area (TPSA) is 79.5 Å². The first-order valence-electron chi connectivity index (χ1n) is 7.56. The highest BCUT2D eigenvalue weighted by molar-refractivity contribution is 5.97. The maximum absolute atomic E-state index is 12.4. The first-order chi connectivity index (χ1) is 10.9. The Hall–Kier alpha value is -2.56. The van der Waals surface area contributed by atoms with Crippen LogP contribution in [0.1, 0.15) is 47.2 Å². The predicted octanol–water partition coefficient (Wildman–Crippen LogP) is 3.14. The molecule has 1 unspecified atom stereocenters. The third-order valence-corrected chi connectivity index (χ3v) is 3.64. The normalized spacial score (nSPS) is 12.2. The lowest BCUT2D eigenvalue weighted by atomic mass is 10.1. The van der Waals surface area contributed by atoms with Crippen molar-refractivity contribution in [3.8, 4) is 0 Å². The number of rotatable bonds is 6. The van der Waals surface area contributed by atoms with Gasteiger partial charge in [-0.05, 0) is 18.6 Å². The lowest BCUT2D eigenvalue weighted by molar-refractivity contribution is -0.139. The van der Waals surface area contributed by atoms with Crippen LogP contribution in [0, 0.1) is 6.92 Å². The van der Waals surface area contributed by atoms with Gasteiger partial charge in [0.15, 0.2) is 0 Å². The van der Waals surface area contributed by atoms with Crippen LogP contribution < -0.4 is 5.32 Å². The minimum absolute atomic E-state index is 0.162. The van der Waals surface area contributed by atoms with E-state index in [9.17, 15) is 14.7 Å². The summed E-state index contributed by atoms with van der Waals surface area (Å²) in [6, 6.07) is 9.90. The number of carbonyl (C=O) groups is 2. The Balaban J connectivity index is 2.13. The Bertz CT molecular complexity index is 688. The molecule has 0 spiro atoms. The minimum Gasteiger partial charge on any atom is -0.480 e. The van der Waals surface area contributed by atoms with Gasteiger partial charge in [-0.25, -0.2) is 4.79 Å². The summed E-state index contributed by atoms with van der Waals surface area (Å²) in [5, 5.41) is 11.9. The van der Waals surface area contributed by atoms with E-state index in [1.54, 1.807) is 13.0 Å². The Morgan fingerprint density at radius 3 is 2.39 bits per heavy atom. The van der Waals surface area contributed by atoms with Crippen LogP contribution in [-0.2, 0) is 11.2 Å². The van der Waals surface area contributed by atoms with Crippen LogP contribution in [0.3, 0.4) is 0 Å². The van der Waals surface area contributed by atoms with Crippen molar-refractivity contribution >= 4 is 11.9 Å². The van der Waals surface area contributed by atoms with E-state index in [0.29, 0.717) is 17.1 Å². The summed E-state index contributed by atoms with van der Waals surface area (Å²) in [6.07, 6.45) is 0.232. The van der Waals surface area contributed by atoms with Gasteiger partial charge in [-0.3, -0.25) is 4.79 Å². The van der Waals surface area contributed by atoms with Crippen LogP contribution in [-0.4, -0.2) is 23.0 Å². The molecular weight excluding hydrogens is 294 g/mol. The fourth-order valence-corrected chi connectivity index (χ4v) is 2.30. The lowest BCUT2D eigenvalue weighted by Crippen LogP contribution is -2.42. The monoisotopic (exact) mass is 315 g/mol. The van der Waals surface area contributed by atoms with Crippen LogP contribution in [0.2, 0.25) is 0 Å². The third kappa shape index (κ3) is 4.22. The summed E-state index contributed by atoms with van der Waals surface area (Å²) >= 11 is 0. The number of carbonyl (C=O) groups excluding carboxylic acids is 1. The van der Waals surface area contributed by atoms with E-state index in [1.165, 1.54) is 0 Å². The number of furan rings is 1. The molecule has 0 saturated heterocycles. The zero-order valence-electron chi connectivity index (χ0n) is 13.5. The molecule has 122 valence electrons. The van der Waals surface area contributed by atoms with Gasteiger partial charge < -0.3 is 14.8 Å². The number of hydrogen-bond acceptors (Lipinski definition) is 3. The van der Waals surface area contributed by atoms with E-state index in [2.05, 4.69) is 5.32 Å². The van der Waals surface area contributed by atoms with Gasteiger partial charge in [-0.2, -0.15) is 0 Å². The van der Waals surface area contributed by atoms with E-state index < -0.39 is 17.9 Å². The average Bonchev–Trinajstić information content (AvgIpc) is 2.90. The molecule has 0 aliphatic carbocycles. The van der Waals surface area contributed by atoms with Gasteiger partial charge in [0.2, 0.25) is 0 Å². The summed E-state index contributed by atoms with van der Waals surface area (Å²) in [5.41, 5.74) is 1.24. The Kier molecular flexibility index (Phi) is 5.21. The number of carboxylic acids is 1. The van der Waals surface area contributed by atoms with Crippen molar-refractivity contribution in [2.45, 2.75) is 39.2 Å². The van der Waals surface area contributed by atoms with Crippen molar-refractivity contribution in [2.24, 2.45) is 0 Å². The number of nitrogens with one attached hydrogen (secondary N) is 1. The van der Waals surface area contributed by atoms with E-state index >= 15 is 0 Å². The van der Waals surface area contributed by atoms with E-state index in [1.807, 2.05) is 44.2 Å². The molecule has 2 aromatic rings. The summed E-state index contributed by atoms with van der Waals surface area (Å²) < 4.78 is 5.55. The quantitative estimate of drug-likeness (QED) is 0.858. The Morgan fingerprint density at radius 1 is 1.22 bits per heavy atom. The molecule has 2 N–H and O–H groups in total. The largest absolute Gasteiger partial charge is 0.480 e. The van der Waals surface area contributed by atoms with Crippen molar-refractivity contribution in [3.63, 3.8) is 0 Å². The molecule has 5 heteroatoms. The molecular formula is C18H21NO4. The van der Waals surface area contributed by atoms with E-state index in [0.717, 1.165) is 5.56 Å². The predicted molar refractivity (Wildman–Crippen MR) is 86.6 cm³/mol. The number of aliphatic carboxylic acids is 1. The highest BCUT2D eigenvalue weighted by Crippen LogP contribution is 2.21. The van der Waals surface area contributed by atoms with E-state index in [4.69, 9.17) is 4.42 Å². The molecule has 0 fully saturated rings. The Morgan fingerprint density at radius 2 is 1.87 bits per heavy atom. The third-order valence-electron chi connectivity index (χ3n) is 3.64. The van der Waals surface area contributed by atoms with Gasteiger partial charge >= 0.3 is 5.97 Å². The van der Waals surface area contributed by atoms with Crippen LogP contribution >= 0.6 is 0 Å². The first kappa shape index (κ1) is 16.8. The summed E-state index contributed by atoms with van der Waals surface area (Å²) in [7, 11) is 0. The first-order valence-corrected chi connectivity index (χ1v) is 7.56. The van der Waals surface area contributed by atoms with Crippen LogP contribution in [0.25, 0.3) is 0 Å². The molecule has 0 saturated carbocycles. The van der Waals surface area contributed by atoms with Crippen LogP contribution in [0.15, 0.2) is 40.8 Å². The molecule has 5 nitrogen and oxygen atoms in total. The fraction of sp³-hybridized carbons (Fsp3) is 0.333. The fourth-order valence-electron chi connectivity index (χ4n) is 2.30. The number of benzene rings is 1.